The summed E-state index contributed by atoms with van der Waals surface area (Å²) in [5.74, 6) is -0.0648. The lowest BCUT2D eigenvalue weighted by Gasteiger charge is -2.35. The van der Waals surface area contributed by atoms with Crippen LogP contribution in [-0.4, -0.2) is 40.1 Å². The Bertz CT molecular complexity index is 682. The van der Waals surface area contributed by atoms with Crippen molar-refractivity contribution in [3.63, 3.8) is 0 Å². The molecule has 126 valence electrons. The van der Waals surface area contributed by atoms with E-state index < -0.39 is 0 Å². The van der Waals surface area contributed by atoms with Crippen LogP contribution in [0.1, 0.15) is 30.0 Å². The number of hydrogen-bond acceptors (Lipinski definition) is 4. The second kappa shape index (κ2) is 7.55. The fraction of sp³-hybridized carbons (Fsp3) is 0.368. The van der Waals surface area contributed by atoms with Crippen molar-refractivity contribution in [2.45, 2.75) is 31.9 Å². The lowest BCUT2D eigenvalue weighted by atomic mass is 9.99. The van der Waals surface area contributed by atoms with Gasteiger partial charge in [0.05, 0.1) is 18.0 Å². The largest absolute Gasteiger partial charge is 0.393 e. The van der Waals surface area contributed by atoms with Gasteiger partial charge in [0.25, 0.3) is 0 Å². The molecule has 1 aromatic heterocycles. The monoisotopic (exact) mass is 325 g/mol. The highest BCUT2D eigenvalue weighted by atomic mass is 16.3. The van der Waals surface area contributed by atoms with E-state index in [9.17, 15) is 9.90 Å². The summed E-state index contributed by atoms with van der Waals surface area (Å²) in [6.07, 6.45) is 4.55. The zero-order valence-electron chi connectivity index (χ0n) is 13.9. The third-order valence-corrected chi connectivity index (χ3v) is 4.37. The average molecular weight is 325 g/mol. The molecular weight excluding hydrogens is 302 g/mol. The first-order valence-corrected chi connectivity index (χ1v) is 8.33. The molecule has 0 unspecified atom stereocenters. The Balaban J connectivity index is 1.82. The predicted octanol–water partition coefficient (Wildman–Crippen LogP) is 2.53. The molecule has 1 aliphatic heterocycles. The van der Waals surface area contributed by atoms with Gasteiger partial charge in [0.15, 0.2) is 0 Å². The summed E-state index contributed by atoms with van der Waals surface area (Å²) in [6, 6.07) is 11.3. The number of aryl methyl sites for hydroxylation is 1. The molecule has 2 heterocycles. The summed E-state index contributed by atoms with van der Waals surface area (Å²) in [5.41, 5.74) is 2.68. The summed E-state index contributed by atoms with van der Waals surface area (Å²) >= 11 is 0. The molecule has 1 saturated heterocycles. The van der Waals surface area contributed by atoms with Crippen molar-refractivity contribution in [1.82, 2.24) is 9.88 Å². The number of amides is 1. The Morgan fingerprint density at radius 3 is 2.62 bits per heavy atom. The molecule has 0 radical (unpaired) electrons. The fourth-order valence-corrected chi connectivity index (χ4v) is 3.14. The van der Waals surface area contributed by atoms with Crippen LogP contribution in [0, 0.1) is 6.92 Å². The summed E-state index contributed by atoms with van der Waals surface area (Å²) < 4.78 is 0. The zero-order valence-corrected chi connectivity index (χ0v) is 13.9. The molecule has 5 heteroatoms. The summed E-state index contributed by atoms with van der Waals surface area (Å²) in [5, 5.41) is 12.7. The van der Waals surface area contributed by atoms with Crippen molar-refractivity contribution in [1.29, 1.82) is 0 Å². The summed E-state index contributed by atoms with van der Waals surface area (Å²) in [4.78, 5) is 19.2. The molecule has 2 N–H and O–H groups in total. The fourth-order valence-electron chi connectivity index (χ4n) is 3.14. The van der Waals surface area contributed by atoms with Gasteiger partial charge in [-0.2, -0.15) is 0 Å². The number of aliphatic hydroxyl groups is 1. The van der Waals surface area contributed by atoms with Crippen LogP contribution in [-0.2, 0) is 4.79 Å². The van der Waals surface area contributed by atoms with Crippen LogP contribution < -0.4 is 5.32 Å². The standard InChI is InChI=1S/C19H23N3O2/c1-14-11-16(13-20-12-14)21-19(24)18(15-5-3-2-4-6-15)22-9-7-17(23)8-10-22/h2-6,11-13,17-18,23H,7-10H2,1H3,(H,21,24)/t18-/m1/s1. The lowest BCUT2D eigenvalue weighted by Crippen LogP contribution is -2.43. The van der Waals surface area contributed by atoms with Gasteiger partial charge >= 0.3 is 0 Å². The lowest BCUT2D eigenvalue weighted by molar-refractivity contribution is -0.122. The first-order chi connectivity index (χ1) is 11.6. The normalized spacial score (nSPS) is 17.4. The van der Waals surface area contributed by atoms with Crippen molar-refractivity contribution in [2.24, 2.45) is 0 Å². The Kier molecular flexibility index (Phi) is 5.23. The topological polar surface area (TPSA) is 65.5 Å². The first-order valence-electron chi connectivity index (χ1n) is 8.33. The average Bonchev–Trinajstić information content (AvgIpc) is 2.58. The molecule has 0 aliphatic carbocycles. The Morgan fingerprint density at radius 1 is 1.25 bits per heavy atom. The molecule has 0 spiro atoms. The quantitative estimate of drug-likeness (QED) is 0.906. The minimum absolute atomic E-state index is 0.0648. The Hall–Kier alpha value is -2.24. The number of pyridine rings is 1. The number of carbonyl (C=O) groups excluding carboxylic acids is 1. The van der Waals surface area contributed by atoms with E-state index in [0.29, 0.717) is 31.6 Å². The maximum Gasteiger partial charge on any atom is 0.246 e. The molecule has 3 rings (SSSR count). The van der Waals surface area contributed by atoms with E-state index in [0.717, 1.165) is 11.1 Å². The van der Waals surface area contributed by atoms with Crippen LogP contribution in [0.25, 0.3) is 0 Å². The maximum atomic E-state index is 13.0. The van der Waals surface area contributed by atoms with E-state index in [1.54, 1.807) is 12.4 Å². The molecule has 0 saturated carbocycles. The Labute approximate surface area is 142 Å². The van der Waals surface area contributed by atoms with Gasteiger partial charge in [-0.25, -0.2) is 0 Å². The van der Waals surface area contributed by atoms with Gasteiger partial charge in [0.1, 0.15) is 6.04 Å². The zero-order chi connectivity index (χ0) is 16.9. The van der Waals surface area contributed by atoms with E-state index in [-0.39, 0.29) is 18.1 Å². The molecule has 1 amide bonds. The predicted molar refractivity (Wildman–Crippen MR) is 93.6 cm³/mol. The van der Waals surface area contributed by atoms with Crippen molar-refractivity contribution in [3.05, 3.63) is 59.9 Å². The van der Waals surface area contributed by atoms with Crippen molar-refractivity contribution in [2.75, 3.05) is 18.4 Å². The third-order valence-electron chi connectivity index (χ3n) is 4.37. The number of likely N-dealkylation sites (tertiary alicyclic amines) is 1. The second-order valence-electron chi connectivity index (χ2n) is 6.32. The van der Waals surface area contributed by atoms with E-state index in [1.165, 1.54) is 0 Å². The molecule has 1 aromatic carbocycles. The summed E-state index contributed by atoms with van der Waals surface area (Å²) in [7, 11) is 0. The van der Waals surface area contributed by atoms with Crippen LogP contribution in [0.5, 0.6) is 0 Å². The SMILES string of the molecule is Cc1cncc(NC(=O)[C@@H](c2ccccc2)N2CCC(O)CC2)c1. The first kappa shape index (κ1) is 16.6. The number of rotatable bonds is 4. The number of aliphatic hydroxyl groups excluding tert-OH is 1. The number of aromatic nitrogens is 1. The molecule has 24 heavy (non-hydrogen) atoms. The van der Waals surface area contributed by atoms with E-state index >= 15 is 0 Å². The number of nitrogens with zero attached hydrogens (tertiary/aromatic N) is 2. The van der Waals surface area contributed by atoms with Crippen molar-refractivity contribution >= 4 is 11.6 Å². The minimum Gasteiger partial charge on any atom is -0.393 e. The number of piperidine rings is 1. The van der Waals surface area contributed by atoms with Crippen molar-refractivity contribution < 1.29 is 9.90 Å². The van der Waals surface area contributed by atoms with Gasteiger partial charge in [-0.15, -0.1) is 0 Å². The molecule has 5 nitrogen and oxygen atoms in total. The highest BCUT2D eigenvalue weighted by Gasteiger charge is 2.30. The van der Waals surface area contributed by atoms with Gasteiger partial charge < -0.3 is 10.4 Å². The van der Waals surface area contributed by atoms with Gasteiger partial charge in [0.2, 0.25) is 5.91 Å². The molecule has 1 atom stereocenters. The van der Waals surface area contributed by atoms with Gasteiger partial charge in [-0.05, 0) is 37.0 Å². The number of anilines is 1. The molecule has 0 bridgehead atoms. The second-order valence-corrected chi connectivity index (χ2v) is 6.32. The van der Waals surface area contributed by atoms with E-state index in [2.05, 4.69) is 15.2 Å². The number of benzene rings is 1. The van der Waals surface area contributed by atoms with Crippen molar-refractivity contribution in [3.8, 4) is 0 Å². The molecular formula is C19H23N3O2. The van der Waals surface area contributed by atoms with Crippen LogP contribution in [0.3, 0.4) is 0 Å². The summed E-state index contributed by atoms with van der Waals surface area (Å²) in [6.45, 7) is 3.36. The number of hydrogen-bond donors (Lipinski definition) is 2. The van der Waals surface area contributed by atoms with E-state index in [1.807, 2.05) is 43.3 Å². The van der Waals surface area contributed by atoms with Crippen LogP contribution in [0.2, 0.25) is 0 Å². The smallest absolute Gasteiger partial charge is 0.246 e. The highest BCUT2D eigenvalue weighted by Crippen LogP contribution is 2.26. The molecule has 2 aromatic rings. The molecule has 1 fully saturated rings. The minimum atomic E-state index is -0.362. The van der Waals surface area contributed by atoms with Gasteiger partial charge in [-0.1, -0.05) is 30.3 Å². The van der Waals surface area contributed by atoms with Gasteiger partial charge in [-0.3, -0.25) is 14.7 Å². The van der Waals surface area contributed by atoms with E-state index in [4.69, 9.17) is 0 Å². The maximum absolute atomic E-state index is 13.0. The van der Waals surface area contributed by atoms with Crippen LogP contribution in [0.15, 0.2) is 48.8 Å². The van der Waals surface area contributed by atoms with Crippen LogP contribution >= 0.6 is 0 Å². The van der Waals surface area contributed by atoms with Gasteiger partial charge in [0, 0.05) is 19.3 Å². The number of carbonyl (C=O) groups is 1. The number of nitrogens with one attached hydrogen (secondary N) is 1. The molecule has 1 aliphatic rings. The Morgan fingerprint density at radius 2 is 1.96 bits per heavy atom. The van der Waals surface area contributed by atoms with Crippen LogP contribution in [0.4, 0.5) is 5.69 Å². The third kappa shape index (κ3) is 3.99. The highest BCUT2D eigenvalue weighted by molar-refractivity contribution is 5.95.